The fourth-order valence-electron chi connectivity index (χ4n) is 5.28. The third kappa shape index (κ3) is 5.72. The maximum absolute atomic E-state index is 14.2. The molecule has 0 bridgehead atoms. The molecule has 6 rings (SSSR count). The zero-order chi connectivity index (χ0) is 31.7. The van der Waals surface area contributed by atoms with E-state index in [-0.39, 0.29) is 11.3 Å². The molecule has 0 saturated heterocycles. The Bertz CT molecular complexity index is 2120. The molecule has 6 aromatic rings. The summed E-state index contributed by atoms with van der Waals surface area (Å²) in [7, 11) is 0. The van der Waals surface area contributed by atoms with Crippen LogP contribution < -0.4 is 16.1 Å². The third-order valence-electron chi connectivity index (χ3n) is 7.87. The molecule has 0 saturated carbocycles. The summed E-state index contributed by atoms with van der Waals surface area (Å²) in [4.78, 5) is 44.8. The molecule has 3 aromatic carbocycles. The molecule has 0 spiro atoms. The molecule has 3 heterocycles. The van der Waals surface area contributed by atoms with Crippen molar-refractivity contribution in [2.24, 2.45) is 0 Å². The Morgan fingerprint density at radius 2 is 1.69 bits per heavy atom. The Morgan fingerprint density at radius 3 is 2.33 bits per heavy atom. The number of fused-ring (bicyclic) bond motifs is 1. The van der Waals surface area contributed by atoms with Crippen molar-refractivity contribution in [3.63, 3.8) is 0 Å². The predicted molar refractivity (Wildman–Crippen MR) is 169 cm³/mol. The standard InChI is InChI=1S/C34H32N6O5/c1-5-8-29-28(19-22-11-13-23(14-12-22)26-9-6-7-10-27(26)30-37-33(43)45-38-30)31(42)39(32-35-20-36-40(29)32)24-15-17-25(18-16-24)44-34(3,4)21(2)41/h6-7,9-18,20H,5,8,19H2,1-4H3,(H,37,38,43). The number of carbonyl (C=O) groups excluding carboxylic acids is 1. The molecule has 0 atom stereocenters. The summed E-state index contributed by atoms with van der Waals surface area (Å²) in [6, 6.07) is 22.6. The van der Waals surface area contributed by atoms with E-state index in [1.165, 1.54) is 13.3 Å². The molecule has 0 aliphatic carbocycles. The van der Waals surface area contributed by atoms with Gasteiger partial charge in [-0.15, -0.1) is 0 Å². The van der Waals surface area contributed by atoms with Crippen LogP contribution in [0, 0.1) is 0 Å². The maximum Gasteiger partial charge on any atom is 0.439 e. The van der Waals surface area contributed by atoms with Crippen LogP contribution >= 0.6 is 0 Å². The fraction of sp³-hybridized carbons (Fsp3) is 0.235. The Morgan fingerprint density at radius 1 is 0.978 bits per heavy atom. The van der Waals surface area contributed by atoms with Gasteiger partial charge in [0.1, 0.15) is 12.1 Å². The number of ketones is 1. The molecule has 0 amide bonds. The van der Waals surface area contributed by atoms with Gasteiger partial charge >= 0.3 is 5.76 Å². The number of nitrogens with one attached hydrogen (secondary N) is 1. The third-order valence-corrected chi connectivity index (χ3v) is 7.87. The van der Waals surface area contributed by atoms with Crippen LogP contribution in [0.2, 0.25) is 0 Å². The Kier molecular flexibility index (Phi) is 7.76. The van der Waals surface area contributed by atoms with Crippen molar-refractivity contribution in [1.82, 2.24) is 29.3 Å². The van der Waals surface area contributed by atoms with Crippen LogP contribution in [0.15, 0.2) is 93.2 Å². The number of aryl methyl sites for hydroxylation is 1. The zero-order valence-corrected chi connectivity index (χ0v) is 25.4. The van der Waals surface area contributed by atoms with Crippen LogP contribution in [-0.4, -0.2) is 40.7 Å². The van der Waals surface area contributed by atoms with Crippen LogP contribution in [-0.2, 0) is 17.6 Å². The lowest BCUT2D eigenvalue weighted by molar-refractivity contribution is -0.129. The SMILES string of the molecule is CCCc1c(Cc2ccc(-c3ccccc3-c3noc(=O)[nH]3)cc2)c(=O)n(-c2ccc(OC(C)(C)C(C)=O)cc2)c2ncnn12. The summed E-state index contributed by atoms with van der Waals surface area (Å²) in [6.07, 6.45) is 3.31. The number of ether oxygens (including phenoxy) is 1. The molecule has 3 aromatic heterocycles. The van der Waals surface area contributed by atoms with Crippen LogP contribution in [0.3, 0.4) is 0 Å². The topological polar surface area (TPSA) is 137 Å². The number of aromatic nitrogens is 6. The molecule has 11 nitrogen and oxygen atoms in total. The van der Waals surface area contributed by atoms with Crippen LogP contribution in [0.1, 0.15) is 50.9 Å². The van der Waals surface area contributed by atoms with Crippen LogP contribution in [0.25, 0.3) is 34.0 Å². The second kappa shape index (κ2) is 11.8. The highest BCUT2D eigenvalue weighted by molar-refractivity contribution is 5.84. The first-order chi connectivity index (χ1) is 21.7. The van der Waals surface area contributed by atoms with E-state index >= 15 is 0 Å². The lowest BCUT2D eigenvalue weighted by Crippen LogP contribution is -2.36. The second-order valence-electron chi connectivity index (χ2n) is 11.3. The molecule has 0 aliphatic heterocycles. The van der Waals surface area contributed by atoms with Crippen molar-refractivity contribution >= 4 is 11.6 Å². The van der Waals surface area contributed by atoms with E-state index < -0.39 is 11.4 Å². The average Bonchev–Trinajstić information content (AvgIpc) is 3.69. The molecule has 0 fully saturated rings. The average molecular weight is 605 g/mol. The van der Waals surface area contributed by atoms with Crippen molar-refractivity contribution in [2.75, 3.05) is 0 Å². The first-order valence-electron chi connectivity index (χ1n) is 14.7. The summed E-state index contributed by atoms with van der Waals surface area (Å²) in [6.45, 7) is 6.99. The van der Waals surface area contributed by atoms with Crippen molar-refractivity contribution in [2.45, 2.75) is 52.6 Å². The van der Waals surface area contributed by atoms with E-state index in [1.807, 2.05) is 48.5 Å². The van der Waals surface area contributed by atoms with E-state index in [0.29, 0.717) is 41.4 Å². The Hall–Kier alpha value is -5.58. The summed E-state index contributed by atoms with van der Waals surface area (Å²) in [5.41, 5.74) is 4.38. The van der Waals surface area contributed by atoms with Gasteiger partial charge in [-0.2, -0.15) is 10.1 Å². The number of H-pyrrole nitrogens is 1. The number of Topliss-reactive ketones (excluding diaryl/α,β-unsaturated/α-hetero) is 1. The molecule has 0 unspecified atom stereocenters. The van der Waals surface area contributed by atoms with E-state index in [9.17, 15) is 14.4 Å². The normalized spacial score (nSPS) is 11.6. The second-order valence-corrected chi connectivity index (χ2v) is 11.3. The number of hydrogen-bond donors (Lipinski definition) is 1. The maximum atomic E-state index is 14.2. The van der Waals surface area contributed by atoms with Gasteiger partial charge in [0.25, 0.3) is 5.56 Å². The predicted octanol–water partition coefficient (Wildman–Crippen LogP) is 5.18. The highest BCUT2D eigenvalue weighted by Gasteiger charge is 2.26. The number of rotatable bonds is 10. The van der Waals surface area contributed by atoms with Gasteiger partial charge < -0.3 is 4.74 Å². The minimum absolute atomic E-state index is 0.0901. The molecular weight excluding hydrogens is 572 g/mol. The number of benzene rings is 3. The molecule has 0 aliphatic rings. The number of hydrogen-bond acceptors (Lipinski definition) is 8. The van der Waals surface area contributed by atoms with Crippen LogP contribution in [0.5, 0.6) is 5.75 Å². The minimum Gasteiger partial charge on any atom is -0.480 e. The van der Waals surface area contributed by atoms with Gasteiger partial charge in [0.05, 0.1) is 11.4 Å². The number of nitrogens with zero attached hydrogens (tertiary/aromatic N) is 5. The van der Waals surface area contributed by atoms with E-state index in [2.05, 4.69) is 27.1 Å². The quantitative estimate of drug-likeness (QED) is 0.226. The molecule has 45 heavy (non-hydrogen) atoms. The minimum atomic E-state index is -0.972. The van der Waals surface area contributed by atoms with Crippen molar-refractivity contribution in [3.8, 4) is 34.0 Å². The molecule has 1 N–H and O–H groups in total. The molecule has 11 heteroatoms. The van der Waals surface area contributed by atoms with Crippen molar-refractivity contribution in [1.29, 1.82) is 0 Å². The molecule has 0 radical (unpaired) electrons. The van der Waals surface area contributed by atoms with Gasteiger partial charge in [0, 0.05) is 17.5 Å². The first kappa shape index (κ1) is 29.5. The summed E-state index contributed by atoms with van der Waals surface area (Å²) < 4.78 is 13.9. The lowest BCUT2D eigenvalue weighted by Gasteiger charge is -2.23. The van der Waals surface area contributed by atoms with Gasteiger partial charge in [-0.25, -0.2) is 13.9 Å². The van der Waals surface area contributed by atoms with Crippen molar-refractivity contribution < 1.29 is 14.1 Å². The Balaban J connectivity index is 1.38. The molecular formula is C34H32N6O5. The summed E-state index contributed by atoms with van der Waals surface area (Å²) in [5.74, 6) is 0.585. The van der Waals surface area contributed by atoms with Gasteiger partial charge in [0.2, 0.25) is 5.78 Å². The van der Waals surface area contributed by atoms with E-state index in [0.717, 1.165) is 34.4 Å². The Labute approximate surface area is 258 Å². The van der Waals surface area contributed by atoms with Gasteiger partial charge in [0.15, 0.2) is 17.2 Å². The summed E-state index contributed by atoms with van der Waals surface area (Å²) >= 11 is 0. The molecule has 228 valence electrons. The number of carbonyl (C=O) groups is 1. The van der Waals surface area contributed by atoms with Gasteiger partial charge in [-0.3, -0.25) is 19.1 Å². The number of aromatic amines is 1. The first-order valence-corrected chi connectivity index (χ1v) is 14.7. The largest absolute Gasteiger partial charge is 0.480 e. The van der Waals surface area contributed by atoms with Crippen molar-refractivity contribution in [3.05, 3.63) is 117 Å². The smallest absolute Gasteiger partial charge is 0.439 e. The van der Waals surface area contributed by atoms with E-state index in [4.69, 9.17) is 9.26 Å². The van der Waals surface area contributed by atoms with E-state index in [1.54, 1.807) is 47.2 Å². The lowest BCUT2D eigenvalue weighted by atomic mass is 9.96. The highest BCUT2D eigenvalue weighted by atomic mass is 16.5. The summed E-state index contributed by atoms with van der Waals surface area (Å²) in [5, 5.41) is 8.34. The van der Waals surface area contributed by atoms with Crippen LogP contribution in [0.4, 0.5) is 0 Å². The fourth-order valence-corrected chi connectivity index (χ4v) is 5.28. The zero-order valence-electron chi connectivity index (χ0n) is 25.4. The van der Waals surface area contributed by atoms with Gasteiger partial charge in [-0.1, -0.05) is 67.0 Å². The monoisotopic (exact) mass is 604 g/mol. The highest BCUT2D eigenvalue weighted by Crippen LogP contribution is 2.30. The van der Waals surface area contributed by atoms with Gasteiger partial charge in [-0.05, 0) is 68.1 Å².